The van der Waals surface area contributed by atoms with Crippen LogP contribution in [0, 0.1) is 5.82 Å². The van der Waals surface area contributed by atoms with Crippen LogP contribution in [0.5, 0.6) is 0 Å². The monoisotopic (exact) mass is 613 g/mol. The lowest BCUT2D eigenvalue weighted by atomic mass is 10.1. The van der Waals surface area contributed by atoms with Crippen LogP contribution in [0.1, 0.15) is 23.4 Å². The molecule has 1 fully saturated rings. The summed E-state index contributed by atoms with van der Waals surface area (Å²) in [6.45, 7) is -0.0509. The van der Waals surface area contributed by atoms with E-state index in [1.807, 2.05) is 6.07 Å². The summed E-state index contributed by atoms with van der Waals surface area (Å²) in [5, 5.41) is 6.79. The molecule has 0 spiro atoms. The Bertz CT molecular complexity index is 1700. The Morgan fingerprint density at radius 3 is 2.30 bits per heavy atom. The predicted octanol–water partition coefficient (Wildman–Crippen LogP) is 6.06. The number of nitrogens with zero attached hydrogens (tertiary/aromatic N) is 5. The minimum Gasteiger partial charge on any atom is -0.443 e. The van der Waals surface area contributed by atoms with Gasteiger partial charge in [0.25, 0.3) is 5.89 Å². The number of alkyl halides is 2. The fourth-order valence-corrected chi connectivity index (χ4v) is 6.07. The topological polar surface area (TPSA) is 118 Å². The Hall–Kier alpha value is -4.72. The Morgan fingerprint density at radius 1 is 1.00 bits per heavy atom. The van der Waals surface area contributed by atoms with Gasteiger partial charge in [-0.15, -0.1) is 14.6 Å². The van der Waals surface area contributed by atoms with Crippen LogP contribution < -0.4 is 4.90 Å². The predicted molar refractivity (Wildman–Crippen MR) is 151 cm³/mol. The van der Waals surface area contributed by atoms with Crippen LogP contribution in [0.2, 0.25) is 0 Å². The number of hydrogen-bond donors (Lipinski definition) is 0. The highest BCUT2D eigenvalue weighted by molar-refractivity contribution is 7.94. The zero-order valence-corrected chi connectivity index (χ0v) is 23.5. The van der Waals surface area contributed by atoms with E-state index in [-0.39, 0.29) is 54.8 Å². The number of anilines is 1. The van der Waals surface area contributed by atoms with Gasteiger partial charge in [-0.1, -0.05) is 54.6 Å². The molecule has 43 heavy (non-hydrogen) atoms. The Labute approximate surface area is 245 Å². The maximum atomic E-state index is 15.2. The smallest absolute Gasteiger partial charge is 0.442 e. The summed E-state index contributed by atoms with van der Waals surface area (Å²) in [4.78, 5) is 28.8. The third-order valence-electron chi connectivity index (χ3n) is 6.63. The zero-order chi connectivity index (χ0) is 30.4. The van der Waals surface area contributed by atoms with Gasteiger partial charge in [-0.2, -0.15) is 8.78 Å². The molecule has 0 unspecified atom stereocenters. The second-order valence-corrected chi connectivity index (χ2v) is 12.1. The second-order valence-electron chi connectivity index (χ2n) is 9.56. The minimum absolute atomic E-state index is 0.00145. The molecule has 10 nitrogen and oxygen atoms in total. The third kappa shape index (κ3) is 7.38. The summed E-state index contributed by atoms with van der Waals surface area (Å²) in [7, 11) is -2.94. The van der Waals surface area contributed by atoms with E-state index in [2.05, 4.69) is 14.6 Å². The quantitative estimate of drug-likeness (QED) is 0.249. The van der Waals surface area contributed by atoms with Crippen molar-refractivity contribution >= 4 is 27.5 Å². The van der Waals surface area contributed by atoms with E-state index in [1.54, 1.807) is 54.6 Å². The van der Waals surface area contributed by atoms with Crippen molar-refractivity contribution in [3.8, 4) is 11.5 Å². The normalized spacial score (nSPS) is 14.4. The maximum Gasteiger partial charge on any atom is 0.442 e. The number of urea groups is 1. The lowest BCUT2D eigenvalue weighted by Gasteiger charge is -2.34. The van der Waals surface area contributed by atoms with Gasteiger partial charge >= 0.3 is 18.5 Å². The van der Waals surface area contributed by atoms with Gasteiger partial charge in [-0.3, -0.25) is 4.90 Å². The molecular formula is C29H26F3N5O5S. The molecule has 0 saturated carbocycles. The first-order valence-electron chi connectivity index (χ1n) is 13.2. The van der Waals surface area contributed by atoms with Crippen molar-refractivity contribution in [1.29, 1.82) is 0 Å². The van der Waals surface area contributed by atoms with Crippen molar-refractivity contribution in [2.45, 2.75) is 19.6 Å². The molecule has 0 aliphatic carbocycles. The highest BCUT2D eigenvalue weighted by Gasteiger charge is 2.30. The second kappa shape index (κ2) is 13.1. The highest BCUT2D eigenvalue weighted by atomic mass is 32.2. The van der Waals surface area contributed by atoms with Crippen LogP contribution >= 0.6 is 0 Å². The lowest BCUT2D eigenvalue weighted by molar-refractivity contribution is 0.116. The van der Waals surface area contributed by atoms with Crippen molar-refractivity contribution in [3.05, 3.63) is 102 Å². The van der Waals surface area contributed by atoms with Gasteiger partial charge in [0.1, 0.15) is 12.4 Å². The number of carbonyl (C=O) groups is 2. The summed E-state index contributed by atoms with van der Waals surface area (Å²) in [6, 6.07) is 21.1. The number of aromatic nitrogens is 2. The molecule has 0 radical (unpaired) electrons. The molecule has 0 N–H and O–H groups in total. The summed E-state index contributed by atoms with van der Waals surface area (Å²) < 4.78 is 67.9. The number of carbonyl (C=O) groups excluding carboxylic acids is 2. The van der Waals surface area contributed by atoms with E-state index in [9.17, 15) is 22.6 Å². The molecule has 1 aliphatic rings. The van der Waals surface area contributed by atoms with Gasteiger partial charge in [-0.05, 0) is 29.8 Å². The summed E-state index contributed by atoms with van der Waals surface area (Å²) in [5.41, 5.74) is 1.51. The van der Waals surface area contributed by atoms with E-state index in [4.69, 9.17) is 9.15 Å². The van der Waals surface area contributed by atoms with Gasteiger partial charge in [-0.25, -0.2) is 18.2 Å². The molecule has 3 amide bonds. The van der Waals surface area contributed by atoms with Gasteiger partial charge in [0, 0.05) is 29.9 Å². The van der Waals surface area contributed by atoms with Crippen LogP contribution in [0.4, 0.5) is 28.4 Å². The van der Waals surface area contributed by atoms with Crippen molar-refractivity contribution < 1.29 is 36.1 Å². The summed E-state index contributed by atoms with van der Waals surface area (Å²) >= 11 is 0. The molecule has 3 aromatic carbocycles. The van der Waals surface area contributed by atoms with Crippen LogP contribution in [0.25, 0.3) is 11.5 Å². The number of hydrogen-bond acceptors (Lipinski definition) is 7. The SMILES string of the molecule is O=C(N=S1(=O)CCN(C(=O)N(Cc2ccc(-c3nnc(C(F)F)o3)cc2F)c2ccccc2)CC1)OCc1ccccc1. The van der Waals surface area contributed by atoms with Crippen LogP contribution in [0.3, 0.4) is 0 Å². The first kappa shape index (κ1) is 29.8. The van der Waals surface area contributed by atoms with E-state index < -0.39 is 40.0 Å². The molecule has 1 aromatic heterocycles. The fraction of sp³-hybridized carbons (Fsp3) is 0.241. The molecule has 224 valence electrons. The highest BCUT2D eigenvalue weighted by Crippen LogP contribution is 2.27. The maximum absolute atomic E-state index is 15.2. The zero-order valence-electron chi connectivity index (χ0n) is 22.6. The van der Waals surface area contributed by atoms with E-state index >= 15 is 4.39 Å². The summed E-state index contributed by atoms with van der Waals surface area (Å²) in [6.07, 6.45) is -3.88. The van der Waals surface area contributed by atoms with Gasteiger partial charge in [0.15, 0.2) is 0 Å². The van der Waals surface area contributed by atoms with Gasteiger partial charge < -0.3 is 14.1 Å². The Balaban J connectivity index is 1.28. The molecule has 14 heteroatoms. The van der Waals surface area contributed by atoms with Crippen LogP contribution in [0.15, 0.2) is 87.6 Å². The van der Waals surface area contributed by atoms with Gasteiger partial charge in [0.05, 0.1) is 27.8 Å². The van der Waals surface area contributed by atoms with Crippen molar-refractivity contribution in [1.82, 2.24) is 15.1 Å². The summed E-state index contributed by atoms with van der Waals surface area (Å²) in [5.74, 6) is -1.91. The number of halogens is 3. The average molecular weight is 614 g/mol. The van der Waals surface area contributed by atoms with Crippen molar-refractivity contribution in [2.75, 3.05) is 29.5 Å². The molecular weight excluding hydrogens is 587 g/mol. The Morgan fingerprint density at radius 2 is 1.67 bits per heavy atom. The lowest BCUT2D eigenvalue weighted by Crippen LogP contribution is -2.50. The first-order valence-corrected chi connectivity index (χ1v) is 15.0. The van der Waals surface area contributed by atoms with Crippen LogP contribution in [-0.4, -0.2) is 56.0 Å². The molecule has 0 atom stereocenters. The van der Waals surface area contributed by atoms with E-state index in [1.165, 1.54) is 21.9 Å². The largest absolute Gasteiger partial charge is 0.443 e. The third-order valence-corrected chi connectivity index (χ3v) is 8.75. The van der Waals surface area contributed by atoms with Gasteiger partial charge in [0.2, 0.25) is 5.89 Å². The molecule has 0 bridgehead atoms. The van der Waals surface area contributed by atoms with E-state index in [0.29, 0.717) is 5.69 Å². The Kier molecular flexibility index (Phi) is 9.04. The van der Waals surface area contributed by atoms with Crippen LogP contribution in [-0.2, 0) is 27.6 Å². The average Bonchev–Trinajstić information content (AvgIpc) is 3.51. The molecule has 4 aromatic rings. The molecule has 1 aliphatic heterocycles. The van der Waals surface area contributed by atoms with Crippen molar-refractivity contribution in [2.24, 2.45) is 4.36 Å². The molecule has 5 rings (SSSR count). The van der Waals surface area contributed by atoms with Crippen molar-refractivity contribution in [3.63, 3.8) is 0 Å². The number of para-hydroxylation sites is 1. The number of amides is 3. The number of ether oxygens (including phenoxy) is 1. The number of rotatable bonds is 7. The molecule has 2 heterocycles. The standard InChI is InChI=1S/C29H26F3N5O5S/c30-24-17-21(26-33-34-27(42-26)25(31)32)11-12-22(24)18-37(23-9-5-2-6-10-23)29(39)36-13-15-43(40,16-14-36)35-28(38)41-19-20-7-3-1-4-8-20/h1-12,17,25H,13-16,18-19H2. The van der Waals surface area contributed by atoms with E-state index in [0.717, 1.165) is 11.6 Å². The first-order chi connectivity index (χ1) is 20.7. The minimum atomic E-state index is -2.96. The molecule has 1 saturated heterocycles. The fourth-order valence-electron chi connectivity index (χ4n) is 4.35. The number of benzene rings is 3.